The van der Waals surface area contributed by atoms with Crippen molar-refractivity contribution in [2.45, 2.75) is 37.0 Å². The summed E-state index contributed by atoms with van der Waals surface area (Å²) in [4.78, 5) is 9.26. The van der Waals surface area contributed by atoms with Gasteiger partial charge < -0.3 is 0 Å². The van der Waals surface area contributed by atoms with Gasteiger partial charge in [0.1, 0.15) is 17.5 Å². The topological polar surface area (TPSA) is 68.1 Å². The van der Waals surface area contributed by atoms with E-state index in [2.05, 4.69) is 4.98 Å². The summed E-state index contributed by atoms with van der Waals surface area (Å²) in [6, 6.07) is 10.8. The lowest BCUT2D eigenvalue weighted by Gasteiger charge is -2.31. The molecule has 1 aliphatic rings. The molecule has 4 rings (SSSR count). The smallest absolute Gasteiger partial charge is 0.243 e. The van der Waals surface area contributed by atoms with Crippen LogP contribution in [0.25, 0.3) is 5.82 Å². The minimum Gasteiger partial charge on any atom is -0.288 e. The Morgan fingerprint density at radius 2 is 1.97 bits per heavy atom. The van der Waals surface area contributed by atoms with Crippen LogP contribution < -0.4 is 0 Å². The Bertz CT molecular complexity index is 1100. The predicted octanol–water partition coefficient (Wildman–Crippen LogP) is 3.54. The lowest BCUT2D eigenvalue weighted by Crippen LogP contribution is -2.39. The summed E-state index contributed by atoms with van der Waals surface area (Å²) in [6.45, 7) is 2.86. The molecular weight excluding hydrogens is 391 g/mol. The van der Waals surface area contributed by atoms with Gasteiger partial charge in [0.05, 0.1) is 4.90 Å². The zero-order valence-corrected chi connectivity index (χ0v) is 17.0. The van der Waals surface area contributed by atoms with Crippen LogP contribution in [0, 0.1) is 5.82 Å². The van der Waals surface area contributed by atoms with E-state index in [9.17, 15) is 12.8 Å². The van der Waals surface area contributed by atoms with E-state index in [0.717, 1.165) is 36.6 Å². The van der Waals surface area contributed by atoms with E-state index < -0.39 is 15.8 Å². The van der Waals surface area contributed by atoms with Crippen molar-refractivity contribution in [3.63, 3.8) is 0 Å². The highest BCUT2D eigenvalue weighted by Crippen LogP contribution is 2.30. The summed E-state index contributed by atoms with van der Waals surface area (Å²) in [5.74, 6) is 1.27. The van der Waals surface area contributed by atoms with Crippen LogP contribution in [-0.4, -0.2) is 40.3 Å². The van der Waals surface area contributed by atoms with Crippen molar-refractivity contribution in [1.29, 1.82) is 0 Å². The Morgan fingerprint density at radius 3 is 2.72 bits per heavy atom. The molecule has 6 nitrogen and oxygen atoms in total. The lowest BCUT2D eigenvalue weighted by molar-refractivity contribution is 0.312. The molecule has 29 heavy (non-hydrogen) atoms. The SMILES string of the molecule is CCc1nccn1-c1cccc([C@@H]2CCCN(S(=O)(=O)c3ccc(F)cc3)C2)n1. The summed E-state index contributed by atoms with van der Waals surface area (Å²) >= 11 is 0. The second-order valence-corrected chi connectivity index (χ2v) is 9.08. The van der Waals surface area contributed by atoms with Gasteiger partial charge >= 0.3 is 0 Å². The molecule has 2 aromatic heterocycles. The van der Waals surface area contributed by atoms with Gasteiger partial charge in [0, 0.05) is 43.5 Å². The normalized spacial score (nSPS) is 18.1. The van der Waals surface area contributed by atoms with Crippen LogP contribution in [0.15, 0.2) is 59.8 Å². The first kappa shape index (κ1) is 19.7. The molecule has 1 aliphatic heterocycles. The third-order valence-electron chi connectivity index (χ3n) is 5.29. The summed E-state index contributed by atoms with van der Waals surface area (Å²) in [5.41, 5.74) is 0.872. The highest BCUT2D eigenvalue weighted by atomic mass is 32.2. The highest BCUT2D eigenvalue weighted by Gasteiger charge is 2.31. The molecule has 8 heteroatoms. The molecule has 3 aromatic rings. The van der Waals surface area contributed by atoms with Crippen LogP contribution in [0.4, 0.5) is 4.39 Å². The molecule has 3 heterocycles. The molecule has 0 amide bonds. The summed E-state index contributed by atoms with van der Waals surface area (Å²) in [7, 11) is -3.66. The number of rotatable bonds is 5. The number of hydrogen-bond donors (Lipinski definition) is 0. The van der Waals surface area contributed by atoms with Crippen LogP contribution in [0.5, 0.6) is 0 Å². The monoisotopic (exact) mass is 414 g/mol. The number of nitrogens with zero attached hydrogens (tertiary/aromatic N) is 4. The molecule has 0 saturated carbocycles. The van der Waals surface area contributed by atoms with E-state index in [4.69, 9.17) is 4.98 Å². The maximum atomic E-state index is 13.2. The molecular formula is C21H23FN4O2S. The summed E-state index contributed by atoms with van der Waals surface area (Å²) in [6.07, 6.45) is 6.06. The van der Waals surface area contributed by atoms with E-state index in [0.29, 0.717) is 13.1 Å². The van der Waals surface area contributed by atoms with Crippen LogP contribution in [0.2, 0.25) is 0 Å². The maximum Gasteiger partial charge on any atom is 0.243 e. The maximum absolute atomic E-state index is 13.2. The first-order valence-electron chi connectivity index (χ1n) is 9.74. The number of imidazole rings is 1. The van der Waals surface area contributed by atoms with Gasteiger partial charge in [-0.2, -0.15) is 4.31 Å². The number of hydrogen-bond acceptors (Lipinski definition) is 4. The van der Waals surface area contributed by atoms with Crippen molar-refractivity contribution in [2.75, 3.05) is 13.1 Å². The van der Waals surface area contributed by atoms with Crippen molar-refractivity contribution < 1.29 is 12.8 Å². The van der Waals surface area contributed by atoms with E-state index in [-0.39, 0.29) is 10.8 Å². The third-order valence-corrected chi connectivity index (χ3v) is 7.17. The number of aryl methyl sites for hydroxylation is 1. The van der Waals surface area contributed by atoms with Crippen molar-refractivity contribution >= 4 is 10.0 Å². The van der Waals surface area contributed by atoms with Gasteiger partial charge in [-0.1, -0.05) is 13.0 Å². The van der Waals surface area contributed by atoms with Crippen LogP contribution >= 0.6 is 0 Å². The average molecular weight is 415 g/mol. The minimum absolute atomic E-state index is 0.00696. The second-order valence-electron chi connectivity index (χ2n) is 7.14. The molecule has 1 saturated heterocycles. The van der Waals surface area contributed by atoms with Crippen molar-refractivity contribution in [1.82, 2.24) is 18.8 Å². The molecule has 0 unspecified atom stereocenters. The van der Waals surface area contributed by atoms with Crippen LogP contribution in [-0.2, 0) is 16.4 Å². The van der Waals surface area contributed by atoms with Gasteiger partial charge in [-0.15, -0.1) is 0 Å². The first-order valence-corrected chi connectivity index (χ1v) is 11.2. The first-order chi connectivity index (χ1) is 14.0. The Labute approximate surface area is 170 Å². The van der Waals surface area contributed by atoms with Gasteiger partial charge in [0.15, 0.2) is 0 Å². The molecule has 0 bridgehead atoms. The quantitative estimate of drug-likeness (QED) is 0.640. The Hall–Kier alpha value is -2.58. The van der Waals surface area contributed by atoms with Gasteiger partial charge in [-0.3, -0.25) is 4.57 Å². The van der Waals surface area contributed by atoms with Gasteiger partial charge in [0.25, 0.3) is 0 Å². The van der Waals surface area contributed by atoms with Gasteiger partial charge in [0.2, 0.25) is 10.0 Å². The fraction of sp³-hybridized carbons (Fsp3) is 0.333. The summed E-state index contributed by atoms with van der Waals surface area (Å²) < 4.78 is 42.6. The average Bonchev–Trinajstić information content (AvgIpc) is 3.23. The van der Waals surface area contributed by atoms with Gasteiger partial charge in [-0.25, -0.2) is 22.8 Å². The molecule has 0 aliphatic carbocycles. The number of sulfonamides is 1. The van der Waals surface area contributed by atoms with Gasteiger partial charge in [-0.05, 0) is 49.2 Å². The fourth-order valence-electron chi connectivity index (χ4n) is 3.76. The fourth-order valence-corrected chi connectivity index (χ4v) is 5.29. The largest absolute Gasteiger partial charge is 0.288 e. The standard InChI is InChI=1S/C21H23FN4O2S/c1-2-20-23-12-14-26(20)21-7-3-6-19(24-21)16-5-4-13-25(15-16)29(27,28)18-10-8-17(22)9-11-18/h3,6-12,14,16H,2,4-5,13,15H2,1H3/t16-/m1/s1. The Kier molecular flexibility index (Phi) is 5.47. The van der Waals surface area contributed by atoms with Crippen molar-refractivity contribution in [2.24, 2.45) is 0 Å². The molecule has 0 radical (unpaired) electrons. The van der Waals surface area contributed by atoms with Crippen molar-refractivity contribution in [3.05, 3.63) is 72.2 Å². The third kappa shape index (κ3) is 3.95. The van der Waals surface area contributed by atoms with Crippen LogP contribution in [0.3, 0.4) is 0 Å². The molecule has 0 spiro atoms. The number of benzene rings is 1. The molecule has 1 aromatic carbocycles. The predicted molar refractivity (Wildman–Crippen MR) is 108 cm³/mol. The minimum atomic E-state index is -3.66. The lowest BCUT2D eigenvalue weighted by atomic mass is 9.95. The van der Waals surface area contributed by atoms with E-state index >= 15 is 0 Å². The highest BCUT2D eigenvalue weighted by molar-refractivity contribution is 7.89. The Morgan fingerprint density at radius 1 is 1.17 bits per heavy atom. The zero-order chi connectivity index (χ0) is 20.4. The second kappa shape index (κ2) is 8.04. The number of aromatic nitrogens is 3. The van der Waals surface area contributed by atoms with Crippen molar-refractivity contribution in [3.8, 4) is 5.82 Å². The molecule has 0 N–H and O–H groups in total. The number of halogens is 1. The molecule has 1 fully saturated rings. The number of piperidine rings is 1. The number of pyridine rings is 1. The summed E-state index contributed by atoms with van der Waals surface area (Å²) in [5, 5.41) is 0. The van der Waals surface area contributed by atoms with Crippen LogP contribution in [0.1, 0.15) is 37.2 Å². The molecule has 152 valence electrons. The molecule has 1 atom stereocenters. The van der Waals surface area contributed by atoms with E-state index in [1.807, 2.05) is 35.9 Å². The van der Waals surface area contributed by atoms with E-state index in [1.165, 1.54) is 28.6 Å². The van der Waals surface area contributed by atoms with E-state index in [1.54, 1.807) is 6.20 Å². The Balaban J connectivity index is 1.59. The zero-order valence-electron chi connectivity index (χ0n) is 16.2.